The van der Waals surface area contributed by atoms with Crippen LogP contribution in [0.3, 0.4) is 0 Å². The maximum Gasteiger partial charge on any atom is 0.324 e. The van der Waals surface area contributed by atoms with Crippen molar-refractivity contribution in [1.82, 2.24) is 20.4 Å². The van der Waals surface area contributed by atoms with Gasteiger partial charge in [0.15, 0.2) is 12.6 Å². The van der Waals surface area contributed by atoms with Gasteiger partial charge < -0.3 is 28.7 Å². The van der Waals surface area contributed by atoms with Gasteiger partial charge in [0, 0.05) is 48.4 Å². The molecule has 0 aromatic heterocycles. The summed E-state index contributed by atoms with van der Waals surface area (Å²) in [7, 11) is 0. The first-order chi connectivity index (χ1) is 21.9. The fourth-order valence-corrected chi connectivity index (χ4v) is 6.01. The minimum atomic E-state index is -0.596. The lowest BCUT2D eigenvalue weighted by molar-refractivity contribution is -0.307. The van der Waals surface area contributed by atoms with Crippen molar-refractivity contribution < 1.29 is 38.1 Å². The number of piperidine rings is 2. The SMILES string of the molecule is O=C(NC(=O)N1CCCCC1)c1ccc(C2OCC3(CO2)COC(c2ccc(C(=O)NC(=O)N4CCCCC4)cc2)OC3)cc1. The molecule has 45 heavy (non-hydrogen) atoms. The molecule has 0 atom stereocenters. The summed E-state index contributed by atoms with van der Waals surface area (Å²) < 4.78 is 24.2. The van der Waals surface area contributed by atoms with E-state index in [0.29, 0.717) is 63.7 Å². The van der Waals surface area contributed by atoms with Gasteiger partial charge in [0.1, 0.15) is 0 Å². The van der Waals surface area contributed by atoms with Crippen molar-refractivity contribution in [2.24, 2.45) is 5.41 Å². The van der Waals surface area contributed by atoms with Gasteiger partial charge in [0.05, 0.1) is 31.8 Å². The van der Waals surface area contributed by atoms with E-state index < -0.39 is 29.8 Å². The third-order valence-electron chi connectivity index (χ3n) is 8.78. The Hall–Kier alpha value is -3.84. The van der Waals surface area contributed by atoms with Gasteiger partial charge in [-0.2, -0.15) is 0 Å². The molecule has 0 aliphatic carbocycles. The lowest BCUT2D eigenvalue weighted by Gasteiger charge is -2.43. The smallest absolute Gasteiger partial charge is 0.324 e. The first-order valence-electron chi connectivity index (χ1n) is 15.8. The lowest BCUT2D eigenvalue weighted by atomic mass is 9.90. The van der Waals surface area contributed by atoms with E-state index in [1.54, 1.807) is 58.3 Å². The summed E-state index contributed by atoms with van der Waals surface area (Å²) in [5, 5.41) is 4.94. The van der Waals surface area contributed by atoms with Crippen LogP contribution in [0.4, 0.5) is 9.59 Å². The zero-order chi connectivity index (χ0) is 31.2. The fraction of sp³-hybridized carbons (Fsp3) is 0.515. The molecule has 4 aliphatic heterocycles. The van der Waals surface area contributed by atoms with Gasteiger partial charge in [-0.15, -0.1) is 0 Å². The van der Waals surface area contributed by atoms with E-state index in [0.717, 1.165) is 49.7 Å². The van der Waals surface area contributed by atoms with Crippen molar-refractivity contribution in [3.05, 3.63) is 70.8 Å². The largest absolute Gasteiger partial charge is 0.348 e. The molecule has 6 amide bonds. The Labute approximate surface area is 262 Å². The molecule has 12 heteroatoms. The van der Waals surface area contributed by atoms with Crippen molar-refractivity contribution in [3.8, 4) is 0 Å². The Bertz CT molecular complexity index is 1250. The first-order valence-corrected chi connectivity index (χ1v) is 15.8. The van der Waals surface area contributed by atoms with Gasteiger partial charge in [-0.1, -0.05) is 24.3 Å². The number of carbonyl (C=O) groups is 4. The van der Waals surface area contributed by atoms with Crippen LogP contribution in [0.15, 0.2) is 48.5 Å². The summed E-state index contributed by atoms with van der Waals surface area (Å²) in [6.07, 6.45) is 4.84. The quantitative estimate of drug-likeness (QED) is 0.521. The van der Waals surface area contributed by atoms with Gasteiger partial charge >= 0.3 is 12.1 Å². The predicted molar refractivity (Wildman–Crippen MR) is 161 cm³/mol. The first kappa shape index (κ1) is 31.2. The van der Waals surface area contributed by atoms with Crippen LogP contribution in [0.1, 0.15) is 82.9 Å². The highest BCUT2D eigenvalue weighted by Gasteiger charge is 2.42. The Balaban J connectivity index is 0.949. The number of carbonyl (C=O) groups excluding carboxylic acids is 4. The minimum absolute atomic E-state index is 0.354. The van der Waals surface area contributed by atoms with Crippen LogP contribution >= 0.6 is 0 Å². The number of nitrogens with zero attached hydrogens (tertiary/aromatic N) is 2. The number of rotatable bonds is 4. The summed E-state index contributed by atoms with van der Waals surface area (Å²) in [6, 6.07) is 13.0. The van der Waals surface area contributed by atoms with Crippen molar-refractivity contribution >= 4 is 23.9 Å². The second kappa shape index (κ2) is 14.1. The molecular formula is C33H40N4O8. The van der Waals surface area contributed by atoms with E-state index in [-0.39, 0.29) is 12.1 Å². The highest BCUT2D eigenvalue weighted by atomic mass is 16.7. The predicted octanol–water partition coefficient (Wildman–Crippen LogP) is 4.14. The van der Waals surface area contributed by atoms with Crippen LogP contribution < -0.4 is 10.6 Å². The summed E-state index contributed by atoms with van der Waals surface area (Å²) in [5.74, 6) is -0.873. The van der Waals surface area contributed by atoms with Gasteiger partial charge in [-0.3, -0.25) is 20.2 Å². The van der Waals surface area contributed by atoms with Crippen LogP contribution in [0.5, 0.6) is 0 Å². The van der Waals surface area contributed by atoms with Gasteiger partial charge in [0.2, 0.25) is 0 Å². The standard InChI is InChI=1S/C33H40N4O8/c38-27(34-31(40)36-15-3-1-4-16-36)23-7-11-25(12-8-23)29-42-19-33(20-43-29)21-44-30(45-22-33)26-13-9-24(10-14-26)28(39)35-32(41)37-17-5-2-6-18-37/h7-14,29-30H,1-6,15-22H2,(H,34,38,40)(H,35,39,41). The van der Waals surface area contributed by atoms with Crippen molar-refractivity contribution in [1.29, 1.82) is 0 Å². The zero-order valence-corrected chi connectivity index (χ0v) is 25.3. The Kier molecular flexibility index (Phi) is 9.74. The van der Waals surface area contributed by atoms with E-state index in [1.807, 2.05) is 0 Å². The van der Waals surface area contributed by atoms with Gasteiger partial charge in [0.25, 0.3) is 11.8 Å². The number of amides is 6. The van der Waals surface area contributed by atoms with Crippen LogP contribution in [0.25, 0.3) is 0 Å². The highest BCUT2D eigenvalue weighted by molar-refractivity contribution is 6.04. The van der Waals surface area contributed by atoms with Crippen LogP contribution in [-0.2, 0) is 18.9 Å². The lowest BCUT2D eigenvalue weighted by Crippen LogP contribution is -2.49. The molecule has 4 aliphatic rings. The minimum Gasteiger partial charge on any atom is -0.348 e. The van der Waals surface area contributed by atoms with Crippen molar-refractivity contribution in [2.45, 2.75) is 51.1 Å². The van der Waals surface area contributed by atoms with E-state index in [1.165, 1.54) is 0 Å². The van der Waals surface area contributed by atoms with Crippen molar-refractivity contribution in [3.63, 3.8) is 0 Å². The molecular weight excluding hydrogens is 580 g/mol. The Morgan fingerprint density at radius 1 is 0.533 bits per heavy atom. The molecule has 0 saturated carbocycles. The van der Waals surface area contributed by atoms with Gasteiger partial charge in [-0.05, 0) is 62.8 Å². The normalized spacial score (nSPS) is 25.4. The summed E-state index contributed by atoms with van der Waals surface area (Å²) in [4.78, 5) is 53.2. The molecule has 6 rings (SSSR count). The van der Waals surface area contributed by atoms with Crippen molar-refractivity contribution in [2.75, 3.05) is 52.6 Å². The number of hydrogen-bond acceptors (Lipinski definition) is 8. The molecule has 0 bridgehead atoms. The molecule has 2 N–H and O–H groups in total. The number of urea groups is 2. The van der Waals surface area contributed by atoms with E-state index in [2.05, 4.69) is 10.6 Å². The Morgan fingerprint density at radius 3 is 1.20 bits per heavy atom. The molecule has 2 aromatic rings. The number of ether oxygens (including phenoxy) is 4. The molecule has 4 saturated heterocycles. The molecule has 0 radical (unpaired) electrons. The molecule has 2 aromatic carbocycles. The van der Waals surface area contributed by atoms with E-state index in [4.69, 9.17) is 18.9 Å². The maximum absolute atomic E-state index is 12.6. The molecule has 4 heterocycles. The molecule has 12 nitrogen and oxygen atoms in total. The highest BCUT2D eigenvalue weighted by Crippen LogP contribution is 2.38. The molecule has 1 spiro atoms. The van der Waals surface area contributed by atoms with E-state index >= 15 is 0 Å². The second-order valence-corrected chi connectivity index (χ2v) is 12.3. The van der Waals surface area contributed by atoms with Crippen LogP contribution in [-0.4, -0.2) is 86.3 Å². The monoisotopic (exact) mass is 620 g/mol. The average molecular weight is 621 g/mol. The Morgan fingerprint density at radius 2 is 0.867 bits per heavy atom. The number of hydrogen-bond donors (Lipinski definition) is 2. The number of imide groups is 2. The van der Waals surface area contributed by atoms with Crippen LogP contribution in [0, 0.1) is 5.41 Å². The maximum atomic E-state index is 12.6. The number of likely N-dealkylation sites (tertiary alicyclic amines) is 2. The number of nitrogens with one attached hydrogen (secondary N) is 2. The summed E-state index contributed by atoms with van der Waals surface area (Å²) in [6.45, 7) is 4.13. The topological polar surface area (TPSA) is 136 Å². The molecule has 4 fully saturated rings. The zero-order valence-electron chi connectivity index (χ0n) is 25.3. The molecule has 240 valence electrons. The number of benzene rings is 2. The summed E-state index contributed by atoms with van der Waals surface area (Å²) in [5.41, 5.74) is 1.84. The molecule has 0 unspecified atom stereocenters. The van der Waals surface area contributed by atoms with E-state index in [9.17, 15) is 19.2 Å². The third-order valence-corrected chi connectivity index (χ3v) is 8.78. The summed E-state index contributed by atoms with van der Waals surface area (Å²) >= 11 is 0. The average Bonchev–Trinajstić information content (AvgIpc) is 3.10. The third kappa shape index (κ3) is 7.52. The van der Waals surface area contributed by atoms with Crippen LogP contribution in [0.2, 0.25) is 0 Å². The fourth-order valence-electron chi connectivity index (χ4n) is 6.01. The van der Waals surface area contributed by atoms with Gasteiger partial charge in [-0.25, -0.2) is 9.59 Å². The second-order valence-electron chi connectivity index (χ2n) is 12.3.